The monoisotopic (exact) mass is 735 g/mol. The second-order valence-corrected chi connectivity index (χ2v) is 15.2. The minimum atomic E-state index is -0.0448. The molecule has 0 N–H and O–H groups in total. The summed E-state index contributed by atoms with van der Waals surface area (Å²) in [7, 11) is 0. The highest BCUT2D eigenvalue weighted by Gasteiger charge is 2.35. The molecule has 0 bridgehead atoms. The minimum absolute atomic E-state index is 0.0448. The van der Waals surface area contributed by atoms with Crippen LogP contribution in [-0.4, -0.2) is 15.0 Å². The Bertz CT molecular complexity index is 2710. The fraction of sp³-hybridized carbons (Fsp3) is 0.130. The SMILES string of the molecule is C=C/C=C\c1cc(-c2nc(-c3ccccc3)nc(-c3ccc(C4(c5ccc(-c6cccc(-c7cccc8ccccc78)c6)cc5)CCCCC4)cc3)n2)ccc1C. The molecule has 0 atom stereocenters. The molecule has 7 aromatic carbocycles. The Kier molecular flexibility index (Phi) is 9.97. The van der Waals surface area contributed by atoms with Crippen molar-refractivity contribution < 1.29 is 0 Å². The lowest BCUT2D eigenvalue weighted by atomic mass is 9.65. The highest BCUT2D eigenvalue weighted by atomic mass is 15.0. The Morgan fingerprint density at radius 2 is 1.05 bits per heavy atom. The summed E-state index contributed by atoms with van der Waals surface area (Å²) in [6, 6.07) is 59.2. The average molecular weight is 736 g/mol. The molecule has 1 fully saturated rings. The topological polar surface area (TPSA) is 38.7 Å². The molecule has 1 aromatic heterocycles. The van der Waals surface area contributed by atoms with Crippen LogP contribution in [0.5, 0.6) is 0 Å². The van der Waals surface area contributed by atoms with Crippen LogP contribution in [-0.2, 0) is 5.41 Å². The molecule has 1 aliphatic rings. The Hall–Kier alpha value is -6.71. The third-order valence-corrected chi connectivity index (χ3v) is 11.8. The largest absolute Gasteiger partial charge is 0.208 e. The van der Waals surface area contributed by atoms with E-state index < -0.39 is 0 Å². The Balaban J connectivity index is 1.05. The summed E-state index contributed by atoms with van der Waals surface area (Å²) in [5.41, 5.74) is 12.9. The van der Waals surface area contributed by atoms with E-state index in [1.165, 1.54) is 69.0 Å². The van der Waals surface area contributed by atoms with Crippen LogP contribution < -0.4 is 0 Å². The summed E-state index contributed by atoms with van der Waals surface area (Å²) in [6.07, 6.45) is 11.8. The summed E-state index contributed by atoms with van der Waals surface area (Å²) in [5.74, 6) is 1.99. The van der Waals surface area contributed by atoms with Crippen LogP contribution in [0.2, 0.25) is 0 Å². The number of rotatable bonds is 9. The Morgan fingerprint density at radius 1 is 0.491 bits per heavy atom. The van der Waals surface area contributed by atoms with Gasteiger partial charge in [-0.25, -0.2) is 15.0 Å². The summed E-state index contributed by atoms with van der Waals surface area (Å²) in [6.45, 7) is 5.96. The van der Waals surface area contributed by atoms with Crippen molar-refractivity contribution in [1.29, 1.82) is 0 Å². The van der Waals surface area contributed by atoms with Gasteiger partial charge >= 0.3 is 0 Å². The molecule has 0 spiro atoms. The molecule has 0 aliphatic heterocycles. The first kappa shape index (κ1) is 36.0. The summed E-state index contributed by atoms with van der Waals surface area (Å²) >= 11 is 0. The van der Waals surface area contributed by atoms with Crippen LogP contribution in [0.1, 0.15) is 54.4 Å². The zero-order valence-electron chi connectivity index (χ0n) is 32.4. The van der Waals surface area contributed by atoms with Crippen molar-refractivity contribution in [1.82, 2.24) is 15.0 Å². The van der Waals surface area contributed by atoms with E-state index in [1.807, 2.05) is 24.3 Å². The van der Waals surface area contributed by atoms with E-state index in [0.717, 1.165) is 35.1 Å². The quantitative estimate of drug-likeness (QED) is 0.139. The number of aryl methyl sites for hydroxylation is 1. The second kappa shape index (κ2) is 15.8. The van der Waals surface area contributed by atoms with Crippen LogP contribution in [0.4, 0.5) is 0 Å². The van der Waals surface area contributed by atoms with Crippen molar-refractivity contribution in [2.45, 2.75) is 44.4 Å². The highest BCUT2D eigenvalue weighted by Crippen LogP contribution is 2.46. The molecule has 8 aromatic rings. The van der Waals surface area contributed by atoms with Gasteiger partial charge in [0, 0.05) is 22.1 Å². The molecule has 0 amide bonds. The Labute approximate surface area is 336 Å². The number of fused-ring (bicyclic) bond motifs is 1. The normalized spacial score (nSPS) is 13.8. The van der Waals surface area contributed by atoms with Crippen molar-refractivity contribution >= 4 is 16.8 Å². The van der Waals surface area contributed by atoms with Crippen LogP contribution in [0.25, 0.3) is 73.3 Å². The van der Waals surface area contributed by atoms with Gasteiger partial charge in [0.05, 0.1) is 0 Å². The van der Waals surface area contributed by atoms with Crippen molar-refractivity contribution in [2.75, 3.05) is 0 Å². The predicted octanol–water partition coefficient (Wildman–Crippen LogP) is 14.1. The molecule has 1 aliphatic carbocycles. The van der Waals surface area contributed by atoms with Gasteiger partial charge in [-0.3, -0.25) is 0 Å². The first-order valence-electron chi connectivity index (χ1n) is 20.1. The minimum Gasteiger partial charge on any atom is -0.208 e. The van der Waals surface area contributed by atoms with E-state index in [4.69, 9.17) is 15.0 Å². The van der Waals surface area contributed by atoms with E-state index >= 15 is 0 Å². The number of hydrogen-bond acceptors (Lipinski definition) is 3. The van der Waals surface area contributed by atoms with E-state index in [0.29, 0.717) is 17.5 Å². The van der Waals surface area contributed by atoms with Gasteiger partial charge in [-0.2, -0.15) is 0 Å². The first-order chi connectivity index (χ1) is 28.1. The summed E-state index contributed by atoms with van der Waals surface area (Å²) < 4.78 is 0. The standard InChI is InChI=1S/C54H45N3/c1-3-4-15-43-36-46(25-24-38(43)2)53-56-51(41-17-7-5-8-18-41)55-52(57-53)42-28-32-48(33-29-42)54(34-11-6-12-35-54)47-30-26-39(27-31-47)44-20-13-21-45(37-44)50-23-14-19-40-16-9-10-22-49(40)50/h3-5,7-10,13-33,36-37H,1,6,11-12,34-35H2,2H3/b15-4-. The molecule has 0 radical (unpaired) electrons. The van der Waals surface area contributed by atoms with Gasteiger partial charge in [-0.1, -0.05) is 196 Å². The van der Waals surface area contributed by atoms with Gasteiger partial charge in [-0.15, -0.1) is 0 Å². The lowest BCUT2D eigenvalue weighted by Crippen LogP contribution is -2.30. The van der Waals surface area contributed by atoms with E-state index in [-0.39, 0.29) is 5.41 Å². The van der Waals surface area contributed by atoms with Crippen LogP contribution in [0, 0.1) is 6.92 Å². The van der Waals surface area contributed by atoms with Crippen molar-refractivity contribution in [3.8, 4) is 56.4 Å². The molecule has 3 heteroatoms. The molecular formula is C54H45N3. The van der Waals surface area contributed by atoms with Crippen LogP contribution in [0.15, 0.2) is 183 Å². The van der Waals surface area contributed by atoms with Crippen LogP contribution >= 0.6 is 0 Å². The van der Waals surface area contributed by atoms with E-state index in [2.05, 4.69) is 165 Å². The fourth-order valence-electron chi connectivity index (χ4n) is 8.64. The van der Waals surface area contributed by atoms with E-state index in [1.54, 1.807) is 6.08 Å². The number of hydrogen-bond donors (Lipinski definition) is 0. The number of benzene rings is 7. The lowest BCUT2D eigenvalue weighted by Gasteiger charge is -2.39. The zero-order chi connectivity index (χ0) is 38.6. The Morgan fingerprint density at radius 3 is 1.77 bits per heavy atom. The van der Waals surface area contributed by atoms with Crippen molar-refractivity contribution in [3.05, 3.63) is 205 Å². The average Bonchev–Trinajstić information content (AvgIpc) is 3.29. The smallest absolute Gasteiger partial charge is 0.164 e. The lowest BCUT2D eigenvalue weighted by molar-refractivity contribution is 0.346. The number of allylic oxidation sites excluding steroid dienone is 2. The molecule has 3 nitrogen and oxygen atoms in total. The van der Waals surface area contributed by atoms with Crippen molar-refractivity contribution in [3.63, 3.8) is 0 Å². The molecule has 1 saturated carbocycles. The maximum atomic E-state index is 5.08. The van der Waals surface area contributed by atoms with Gasteiger partial charge in [0.1, 0.15) is 0 Å². The van der Waals surface area contributed by atoms with Gasteiger partial charge < -0.3 is 0 Å². The number of nitrogens with zero attached hydrogens (tertiary/aromatic N) is 3. The number of aromatic nitrogens is 3. The van der Waals surface area contributed by atoms with Gasteiger partial charge in [0.2, 0.25) is 0 Å². The molecule has 0 saturated heterocycles. The zero-order valence-corrected chi connectivity index (χ0v) is 32.4. The van der Waals surface area contributed by atoms with Crippen LogP contribution in [0.3, 0.4) is 0 Å². The molecule has 1 heterocycles. The van der Waals surface area contributed by atoms with Gasteiger partial charge in [-0.05, 0) is 87.2 Å². The van der Waals surface area contributed by atoms with Crippen molar-refractivity contribution in [2.24, 2.45) is 0 Å². The predicted molar refractivity (Wildman–Crippen MR) is 239 cm³/mol. The molecular weight excluding hydrogens is 691 g/mol. The highest BCUT2D eigenvalue weighted by molar-refractivity contribution is 5.97. The summed E-state index contributed by atoms with van der Waals surface area (Å²) in [5, 5.41) is 2.54. The molecule has 0 unspecified atom stereocenters. The molecule has 276 valence electrons. The maximum Gasteiger partial charge on any atom is 0.164 e. The van der Waals surface area contributed by atoms with E-state index in [9.17, 15) is 0 Å². The first-order valence-corrected chi connectivity index (χ1v) is 20.1. The maximum absolute atomic E-state index is 5.08. The molecule has 9 rings (SSSR count). The summed E-state index contributed by atoms with van der Waals surface area (Å²) in [4.78, 5) is 15.1. The van der Waals surface area contributed by atoms with Gasteiger partial charge in [0.15, 0.2) is 17.5 Å². The third-order valence-electron chi connectivity index (χ3n) is 11.8. The third kappa shape index (κ3) is 7.25. The molecule has 57 heavy (non-hydrogen) atoms. The van der Waals surface area contributed by atoms with Gasteiger partial charge in [0.25, 0.3) is 0 Å². The fourth-order valence-corrected chi connectivity index (χ4v) is 8.64. The second-order valence-electron chi connectivity index (χ2n) is 15.2.